The van der Waals surface area contributed by atoms with Crippen LogP contribution in [0.2, 0.25) is 5.02 Å². The number of benzene rings is 2. The van der Waals surface area contributed by atoms with E-state index in [0.717, 1.165) is 36.6 Å². The Hall–Kier alpha value is -2.39. The minimum Gasteiger partial charge on any atom is -0.611 e. The van der Waals surface area contributed by atoms with Crippen molar-refractivity contribution in [3.05, 3.63) is 70.6 Å². The van der Waals surface area contributed by atoms with Crippen molar-refractivity contribution in [3.63, 3.8) is 0 Å². The number of aryl methyl sites for hydroxylation is 1. The fourth-order valence-corrected chi connectivity index (χ4v) is 6.28. The summed E-state index contributed by atoms with van der Waals surface area (Å²) in [5, 5.41) is 3.90. The molecule has 0 spiro atoms. The Morgan fingerprint density at radius 3 is 2.65 bits per heavy atom. The normalized spacial score (nSPS) is 19.2. The third kappa shape index (κ3) is 4.60. The van der Waals surface area contributed by atoms with Crippen molar-refractivity contribution < 1.29 is 13.7 Å². The fraction of sp³-hybridized carbons (Fsp3) is 0.360. The molecule has 0 aliphatic carbocycles. The molecule has 0 saturated carbocycles. The summed E-state index contributed by atoms with van der Waals surface area (Å²) in [5.74, 6) is 1.29. The van der Waals surface area contributed by atoms with Gasteiger partial charge in [0.25, 0.3) is 0 Å². The highest BCUT2D eigenvalue weighted by Gasteiger charge is 2.38. The Morgan fingerprint density at radius 2 is 1.94 bits per heavy atom. The third-order valence-corrected chi connectivity index (χ3v) is 8.36. The summed E-state index contributed by atoms with van der Waals surface area (Å²) in [6.07, 6.45) is 2.39. The molecule has 5 rings (SSSR count). The second-order valence-electron chi connectivity index (χ2n) is 8.79. The molecule has 2 aliphatic heterocycles. The van der Waals surface area contributed by atoms with Crippen molar-refractivity contribution in [2.24, 2.45) is 0 Å². The number of hydrogen-bond donors (Lipinski definition) is 1. The number of rotatable bonds is 6. The summed E-state index contributed by atoms with van der Waals surface area (Å²) in [4.78, 5) is 12.3. The Morgan fingerprint density at radius 1 is 1.18 bits per heavy atom. The summed E-state index contributed by atoms with van der Waals surface area (Å²) in [6, 6.07) is 14.2. The maximum absolute atomic E-state index is 13.7. The molecule has 2 aliphatic rings. The summed E-state index contributed by atoms with van der Waals surface area (Å²) < 4.78 is 32.0. The van der Waals surface area contributed by atoms with Crippen molar-refractivity contribution in [1.29, 1.82) is 0 Å². The van der Waals surface area contributed by atoms with Gasteiger partial charge in [0.05, 0.1) is 6.61 Å². The zero-order valence-electron chi connectivity index (χ0n) is 18.9. The molecule has 1 saturated heterocycles. The Labute approximate surface area is 206 Å². The molecule has 3 aromatic rings. The van der Waals surface area contributed by atoms with Crippen molar-refractivity contribution in [3.8, 4) is 0 Å². The van der Waals surface area contributed by atoms with Gasteiger partial charge >= 0.3 is 0 Å². The smallest absolute Gasteiger partial charge is 0.227 e. The van der Waals surface area contributed by atoms with Crippen molar-refractivity contribution in [1.82, 2.24) is 9.97 Å². The van der Waals surface area contributed by atoms with Gasteiger partial charge in [0, 0.05) is 42.7 Å². The second kappa shape index (κ2) is 9.70. The number of ether oxygens (including phenoxy) is 1. The topological polar surface area (TPSA) is 73.3 Å². The van der Waals surface area contributed by atoms with Crippen molar-refractivity contribution in [2.75, 3.05) is 42.8 Å². The Balaban J connectivity index is 1.42. The molecule has 3 heterocycles. The van der Waals surface area contributed by atoms with Gasteiger partial charge in [-0.3, -0.25) is 0 Å². The van der Waals surface area contributed by atoms with E-state index in [9.17, 15) is 8.94 Å². The van der Waals surface area contributed by atoms with Crippen LogP contribution < -0.4 is 10.2 Å². The van der Waals surface area contributed by atoms with Crippen LogP contribution in [0.5, 0.6) is 0 Å². The molecule has 0 amide bonds. The van der Waals surface area contributed by atoms with E-state index in [4.69, 9.17) is 26.3 Å². The molecule has 2 aromatic carbocycles. The van der Waals surface area contributed by atoms with Crippen LogP contribution in [0.1, 0.15) is 24.1 Å². The first-order chi connectivity index (χ1) is 16.5. The number of halogens is 2. The van der Waals surface area contributed by atoms with E-state index in [1.165, 1.54) is 17.7 Å². The molecule has 1 fully saturated rings. The summed E-state index contributed by atoms with van der Waals surface area (Å²) >= 11 is 4.94. The van der Waals surface area contributed by atoms with Gasteiger partial charge in [-0.1, -0.05) is 29.8 Å². The molecule has 1 aromatic heterocycles. The SMILES string of the molecule is COCC1(c2ccc(Cl)cc2)CCN(c2nc3c(c(Nc4cccc(F)c4)n2)[S+]([O-])CC3)CC1. The lowest BCUT2D eigenvalue weighted by Crippen LogP contribution is -2.45. The molecule has 9 heteroatoms. The van der Waals surface area contributed by atoms with Gasteiger partial charge < -0.3 is 19.5 Å². The molecule has 6 nitrogen and oxygen atoms in total. The van der Waals surface area contributed by atoms with Crippen molar-refractivity contribution in [2.45, 2.75) is 29.6 Å². The van der Waals surface area contributed by atoms with E-state index in [1.54, 1.807) is 19.2 Å². The molecule has 1 unspecified atom stereocenters. The fourth-order valence-electron chi connectivity index (χ4n) is 4.84. The molecular formula is C25H26ClFN4O2S. The monoisotopic (exact) mass is 500 g/mol. The van der Waals surface area contributed by atoms with Crippen LogP contribution in [0.15, 0.2) is 53.4 Å². The molecule has 1 N–H and O–H groups in total. The van der Waals surface area contributed by atoms with Crippen LogP contribution in [-0.4, -0.2) is 47.1 Å². The highest BCUT2D eigenvalue weighted by Crippen LogP contribution is 2.39. The van der Waals surface area contributed by atoms with Crippen LogP contribution in [0, 0.1) is 5.82 Å². The Kier molecular flexibility index (Phi) is 6.66. The molecule has 34 heavy (non-hydrogen) atoms. The van der Waals surface area contributed by atoms with Gasteiger partial charge in [0.15, 0.2) is 5.82 Å². The highest BCUT2D eigenvalue weighted by molar-refractivity contribution is 7.91. The van der Waals surface area contributed by atoms with E-state index in [-0.39, 0.29) is 11.2 Å². The lowest BCUT2D eigenvalue weighted by atomic mass is 9.73. The Bertz CT molecular complexity index is 1170. The zero-order valence-corrected chi connectivity index (χ0v) is 20.5. The maximum atomic E-state index is 13.7. The maximum Gasteiger partial charge on any atom is 0.227 e. The van der Waals surface area contributed by atoms with Gasteiger partial charge in [-0.2, -0.15) is 4.98 Å². The molecule has 0 bridgehead atoms. The summed E-state index contributed by atoms with van der Waals surface area (Å²) in [6.45, 7) is 2.14. The van der Waals surface area contributed by atoms with E-state index in [2.05, 4.69) is 22.3 Å². The zero-order chi connectivity index (χ0) is 23.7. The average Bonchev–Trinajstić information content (AvgIpc) is 3.21. The molecule has 1 atom stereocenters. The van der Waals surface area contributed by atoms with E-state index < -0.39 is 11.2 Å². The molecular weight excluding hydrogens is 475 g/mol. The van der Waals surface area contributed by atoms with E-state index in [0.29, 0.717) is 41.1 Å². The predicted molar refractivity (Wildman–Crippen MR) is 133 cm³/mol. The van der Waals surface area contributed by atoms with Gasteiger partial charge in [-0.15, -0.1) is 0 Å². The van der Waals surface area contributed by atoms with Crippen molar-refractivity contribution >= 4 is 40.2 Å². The van der Waals surface area contributed by atoms with Gasteiger partial charge in [0.2, 0.25) is 10.8 Å². The van der Waals surface area contributed by atoms with Crippen LogP contribution in [-0.2, 0) is 27.7 Å². The minimum absolute atomic E-state index is 0.100. The number of methoxy groups -OCH3 is 1. The number of aromatic nitrogens is 2. The van der Waals surface area contributed by atoms with Crippen LogP contribution >= 0.6 is 11.6 Å². The van der Waals surface area contributed by atoms with Gasteiger partial charge in [-0.25, -0.2) is 9.37 Å². The standard InChI is InChI=1S/C25H26ClFN4O2S/c1-33-16-25(17-5-7-18(26)8-6-17)10-12-31(13-11-25)24-29-21-9-14-34(32)22(21)23(30-24)28-20-4-2-3-19(27)15-20/h2-8,15H,9-14,16H2,1H3,(H,28,29,30). The molecule has 178 valence electrons. The number of anilines is 3. The minimum atomic E-state index is -1.17. The first-order valence-electron chi connectivity index (χ1n) is 11.3. The van der Waals surface area contributed by atoms with Crippen LogP contribution in [0.3, 0.4) is 0 Å². The number of nitrogens with zero attached hydrogens (tertiary/aromatic N) is 3. The van der Waals surface area contributed by atoms with E-state index in [1.807, 2.05) is 12.1 Å². The van der Waals surface area contributed by atoms with Gasteiger partial charge in [-0.05, 0) is 59.9 Å². The highest BCUT2D eigenvalue weighted by atomic mass is 35.5. The molecule has 0 radical (unpaired) electrons. The lowest BCUT2D eigenvalue weighted by molar-refractivity contribution is 0.112. The second-order valence-corrected chi connectivity index (χ2v) is 10.7. The number of fused-ring (bicyclic) bond motifs is 1. The number of hydrogen-bond acceptors (Lipinski definition) is 6. The van der Waals surface area contributed by atoms with Crippen LogP contribution in [0.25, 0.3) is 0 Å². The average molecular weight is 501 g/mol. The number of nitrogens with one attached hydrogen (secondary N) is 1. The lowest BCUT2D eigenvalue weighted by Gasteiger charge is -2.42. The first-order valence-corrected chi connectivity index (χ1v) is 13.0. The quantitative estimate of drug-likeness (QED) is 0.487. The summed E-state index contributed by atoms with van der Waals surface area (Å²) in [5.41, 5.74) is 2.48. The largest absolute Gasteiger partial charge is 0.611 e. The summed E-state index contributed by atoms with van der Waals surface area (Å²) in [7, 11) is 1.73. The first kappa shape index (κ1) is 23.4. The predicted octanol–water partition coefficient (Wildman–Crippen LogP) is 4.86. The third-order valence-electron chi connectivity index (χ3n) is 6.64. The number of piperidine rings is 1. The van der Waals surface area contributed by atoms with Crippen LogP contribution in [0.4, 0.5) is 21.8 Å². The van der Waals surface area contributed by atoms with Gasteiger partial charge in [0.1, 0.15) is 17.3 Å². The van der Waals surface area contributed by atoms with E-state index >= 15 is 0 Å².